The molecule has 0 radical (unpaired) electrons. The number of guanidine groups is 1. The molecule has 21 heavy (non-hydrogen) atoms. The van der Waals surface area contributed by atoms with E-state index in [2.05, 4.69) is 37.1 Å². The topological polar surface area (TPSA) is 59.6 Å². The van der Waals surface area contributed by atoms with Crippen LogP contribution in [-0.4, -0.2) is 24.7 Å². The van der Waals surface area contributed by atoms with Gasteiger partial charge in [0.1, 0.15) is 12.4 Å². The fourth-order valence-electron chi connectivity index (χ4n) is 1.96. The summed E-state index contributed by atoms with van der Waals surface area (Å²) in [7, 11) is 0. The van der Waals surface area contributed by atoms with Crippen molar-refractivity contribution in [2.24, 2.45) is 10.7 Å². The summed E-state index contributed by atoms with van der Waals surface area (Å²) in [5.41, 5.74) is 7.01. The minimum Gasteiger partial charge on any atom is -0.491 e. The van der Waals surface area contributed by atoms with E-state index in [1.807, 2.05) is 39.0 Å². The van der Waals surface area contributed by atoms with Crippen molar-refractivity contribution in [1.29, 1.82) is 0 Å². The van der Waals surface area contributed by atoms with Crippen molar-refractivity contribution in [3.63, 3.8) is 0 Å². The van der Waals surface area contributed by atoms with E-state index in [-0.39, 0.29) is 11.0 Å². The van der Waals surface area contributed by atoms with E-state index >= 15 is 0 Å². The first-order valence-corrected chi connectivity index (χ1v) is 7.40. The molecule has 0 bridgehead atoms. The van der Waals surface area contributed by atoms with E-state index < -0.39 is 0 Å². The van der Waals surface area contributed by atoms with Gasteiger partial charge in [0.25, 0.3) is 0 Å². The van der Waals surface area contributed by atoms with Crippen LogP contribution in [0.15, 0.2) is 29.3 Å². The fourth-order valence-corrected chi connectivity index (χ4v) is 1.96. The number of nitrogens with one attached hydrogen (secondary N) is 1. The zero-order chi connectivity index (χ0) is 16.1. The Morgan fingerprint density at radius 3 is 2.33 bits per heavy atom. The smallest absolute Gasteiger partial charge is 0.189 e. The van der Waals surface area contributed by atoms with Gasteiger partial charge in [-0.2, -0.15) is 0 Å². The minimum absolute atomic E-state index is 0.0622. The Morgan fingerprint density at radius 2 is 1.76 bits per heavy atom. The second kappa shape index (κ2) is 6.83. The first kappa shape index (κ1) is 17.3. The van der Waals surface area contributed by atoms with Gasteiger partial charge in [-0.1, -0.05) is 39.0 Å². The molecule has 1 rings (SSSR count). The molecule has 1 aromatic carbocycles. The Labute approximate surface area is 128 Å². The van der Waals surface area contributed by atoms with Crippen molar-refractivity contribution >= 4 is 5.96 Å². The summed E-state index contributed by atoms with van der Waals surface area (Å²) in [4.78, 5) is 4.27. The number of ether oxygens (including phenoxy) is 1. The van der Waals surface area contributed by atoms with Crippen molar-refractivity contribution in [1.82, 2.24) is 5.32 Å². The summed E-state index contributed by atoms with van der Waals surface area (Å²) in [6.07, 6.45) is 0. The maximum Gasteiger partial charge on any atom is 0.189 e. The number of nitrogens with two attached hydrogens (primary N) is 1. The number of benzene rings is 1. The third kappa shape index (κ3) is 6.52. The number of hydrogen-bond donors (Lipinski definition) is 2. The van der Waals surface area contributed by atoms with E-state index in [9.17, 15) is 0 Å². The van der Waals surface area contributed by atoms with Crippen LogP contribution < -0.4 is 15.8 Å². The number of hydrogen-bond acceptors (Lipinski definition) is 2. The van der Waals surface area contributed by atoms with Crippen molar-refractivity contribution in [2.75, 3.05) is 13.2 Å². The summed E-state index contributed by atoms with van der Waals surface area (Å²) in [5, 5.41) is 3.13. The van der Waals surface area contributed by atoms with Gasteiger partial charge in [0.15, 0.2) is 5.96 Å². The van der Waals surface area contributed by atoms with Crippen molar-refractivity contribution in [3.8, 4) is 5.75 Å². The van der Waals surface area contributed by atoms with Gasteiger partial charge in [-0.3, -0.25) is 0 Å². The Hall–Kier alpha value is -1.71. The zero-order valence-electron chi connectivity index (χ0n) is 14.2. The van der Waals surface area contributed by atoms with Gasteiger partial charge in [0, 0.05) is 5.54 Å². The molecule has 0 aliphatic carbocycles. The third-order valence-electron chi connectivity index (χ3n) is 2.83. The van der Waals surface area contributed by atoms with Gasteiger partial charge < -0.3 is 15.8 Å². The molecule has 0 saturated heterocycles. The molecule has 0 aromatic heterocycles. The van der Waals surface area contributed by atoms with Crippen molar-refractivity contribution < 1.29 is 4.74 Å². The molecule has 3 N–H and O–H groups in total. The van der Waals surface area contributed by atoms with Crippen molar-refractivity contribution in [3.05, 3.63) is 29.8 Å². The highest BCUT2D eigenvalue weighted by atomic mass is 16.5. The van der Waals surface area contributed by atoms with Crippen LogP contribution in [0, 0.1) is 0 Å². The Kier molecular flexibility index (Phi) is 5.64. The number of nitrogens with zero attached hydrogens (tertiary/aromatic N) is 1. The quantitative estimate of drug-likeness (QED) is 0.509. The summed E-state index contributed by atoms with van der Waals surface area (Å²) in [6.45, 7) is 13.7. The molecule has 4 heteroatoms. The summed E-state index contributed by atoms with van der Waals surface area (Å²) in [5.74, 6) is 1.37. The Balaban J connectivity index is 2.56. The molecule has 4 nitrogen and oxygen atoms in total. The molecule has 0 fully saturated rings. The molecule has 118 valence electrons. The van der Waals surface area contributed by atoms with Crippen LogP contribution in [0.1, 0.15) is 47.1 Å². The lowest BCUT2D eigenvalue weighted by Gasteiger charge is -2.23. The van der Waals surface area contributed by atoms with Crippen LogP contribution in [0.4, 0.5) is 0 Å². The van der Waals surface area contributed by atoms with Gasteiger partial charge in [-0.25, -0.2) is 4.99 Å². The van der Waals surface area contributed by atoms with Gasteiger partial charge in [-0.05, 0) is 37.8 Å². The largest absolute Gasteiger partial charge is 0.491 e. The van der Waals surface area contributed by atoms with E-state index in [0.29, 0.717) is 19.1 Å². The average Bonchev–Trinajstić information content (AvgIpc) is 2.32. The standard InChI is InChI=1S/C17H29N3O/c1-16(2,3)13-9-7-8-10-14(13)21-12-11-19-15(18)20-17(4,5)6/h7-10H,11-12H2,1-6H3,(H3,18,19,20). The lowest BCUT2D eigenvalue weighted by molar-refractivity contribution is 0.319. The molecule has 0 atom stereocenters. The highest BCUT2D eigenvalue weighted by Crippen LogP contribution is 2.30. The Morgan fingerprint density at radius 1 is 1.14 bits per heavy atom. The first-order chi connectivity index (χ1) is 9.59. The monoisotopic (exact) mass is 291 g/mol. The maximum absolute atomic E-state index is 5.85. The summed E-state index contributed by atoms with van der Waals surface area (Å²) in [6, 6.07) is 8.13. The highest BCUT2D eigenvalue weighted by Gasteiger charge is 2.18. The minimum atomic E-state index is -0.0761. The summed E-state index contributed by atoms with van der Waals surface area (Å²) < 4.78 is 5.85. The molecule has 0 amide bonds. The third-order valence-corrected chi connectivity index (χ3v) is 2.83. The first-order valence-electron chi connectivity index (χ1n) is 7.40. The van der Waals surface area contributed by atoms with Crippen LogP contribution in [0.25, 0.3) is 0 Å². The van der Waals surface area contributed by atoms with E-state index in [4.69, 9.17) is 10.5 Å². The van der Waals surface area contributed by atoms with Crippen LogP contribution in [0.3, 0.4) is 0 Å². The molecule has 0 unspecified atom stereocenters. The molecule has 0 aliphatic heterocycles. The lowest BCUT2D eigenvalue weighted by Crippen LogP contribution is -2.45. The SMILES string of the molecule is CC(C)(C)NC(N)=NCCOc1ccccc1C(C)(C)C. The molecule has 0 saturated carbocycles. The van der Waals surface area contributed by atoms with E-state index in [1.54, 1.807) is 0 Å². The lowest BCUT2D eigenvalue weighted by atomic mass is 9.86. The highest BCUT2D eigenvalue weighted by molar-refractivity contribution is 5.78. The van der Waals surface area contributed by atoms with Crippen LogP contribution >= 0.6 is 0 Å². The van der Waals surface area contributed by atoms with Crippen LogP contribution in [-0.2, 0) is 5.41 Å². The van der Waals surface area contributed by atoms with Crippen LogP contribution in [0.2, 0.25) is 0 Å². The molecular weight excluding hydrogens is 262 g/mol. The predicted molar refractivity (Wildman–Crippen MR) is 90.0 cm³/mol. The molecule has 1 aromatic rings. The van der Waals surface area contributed by atoms with Crippen molar-refractivity contribution in [2.45, 2.75) is 52.5 Å². The number of para-hydroxylation sites is 1. The molecule has 0 heterocycles. The summed E-state index contributed by atoms with van der Waals surface area (Å²) >= 11 is 0. The number of aliphatic imine (C=N–C) groups is 1. The second-order valence-corrected chi connectivity index (χ2v) is 7.24. The van der Waals surface area contributed by atoms with Gasteiger partial charge in [-0.15, -0.1) is 0 Å². The van der Waals surface area contributed by atoms with E-state index in [1.165, 1.54) is 5.56 Å². The predicted octanol–water partition coefficient (Wildman–Crippen LogP) is 3.07. The second-order valence-electron chi connectivity index (χ2n) is 7.24. The van der Waals surface area contributed by atoms with Crippen LogP contribution in [0.5, 0.6) is 5.75 Å². The normalized spacial score (nSPS) is 13.1. The van der Waals surface area contributed by atoms with Gasteiger partial charge in [0.2, 0.25) is 0 Å². The van der Waals surface area contributed by atoms with Gasteiger partial charge >= 0.3 is 0 Å². The molecular formula is C17H29N3O. The molecule has 0 aliphatic rings. The van der Waals surface area contributed by atoms with E-state index in [0.717, 1.165) is 5.75 Å². The zero-order valence-corrected chi connectivity index (χ0v) is 14.2. The average molecular weight is 291 g/mol. The maximum atomic E-state index is 5.85. The fraction of sp³-hybridized carbons (Fsp3) is 0.588. The Bertz CT molecular complexity index is 482. The number of rotatable bonds is 4. The molecule has 0 spiro atoms. The van der Waals surface area contributed by atoms with Gasteiger partial charge in [0.05, 0.1) is 6.54 Å².